The molecule has 6 heterocycles. The molecule has 81 heavy (non-hydrogen) atoms. The van der Waals surface area contributed by atoms with Gasteiger partial charge in [0.1, 0.15) is 66.5 Å². The van der Waals surface area contributed by atoms with Crippen molar-refractivity contribution < 1.29 is 85.0 Å². The molecule has 0 amide bonds. The quantitative estimate of drug-likeness (QED) is 0.134. The third kappa shape index (κ3) is 17.3. The second-order valence-corrected chi connectivity index (χ2v) is 34.9. The third-order valence-electron chi connectivity index (χ3n) is 16.5. The first-order valence-corrected chi connectivity index (χ1v) is 35.1. The molecule has 1 N–H and O–H groups in total. The first kappa shape index (κ1) is 66.3. The number of methoxy groups -OCH3 is 4. The Balaban J connectivity index is 0.000000188. The topological polar surface area (TPSA) is 177 Å². The van der Waals surface area contributed by atoms with E-state index in [2.05, 4.69) is 79.9 Å². The lowest BCUT2D eigenvalue weighted by Gasteiger charge is -2.48. The number of aliphatic hydroxyl groups is 1. The van der Waals surface area contributed by atoms with Gasteiger partial charge < -0.3 is 85.0 Å². The van der Waals surface area contributed by atoms with E-state index in [0.717, 1.165) is 16.0 Å². The van der Waals surface area contributed by atoms with Gasteiger partial charge in [0, 0.05) is 44.5 Å². The molecule has 456 valence electrons. The summed E-state index contributed by atoms with van der Waals surface area (Å²) in [5, 5.41) is 9.55. The molecule has 6 fully saturated rings. The molecule has 21 heteroatoms. The zero-order valence-corrected chi connectivity index (χ0v) is 53.4. The average molecular weight is 1190 g/mol. The number of ether oxygens (including phenoxy) is 15. The summed E-state index contributed by atoms with van der Waals surface area (Å²) in [5.41, 5.74) is 1.73. The number of aliphatic hydroxyl groups excluding tert-OH is 1. The third-order valence-corrected chi connectivity index (χ3v) is 26.6. The van der Waals surface area contributed by atoms with E-state index in [-0.39, 0.29) is 102 Å². The molecular formula is C60H94O18SSi2. The van der Waals surface area contributed by atoms with Crippen molar-refractivity contribution in [1.29, 1.82) is 0 Å². The number of rotatable bonds is 16. The summed E-state index contributed by atoms with van der Waals surface area (Å²) < 4.78 is 102. The van der Waals surface area contributed by atoms with Crippen LogP contribution in [0.2, 0.25) is 36.3 Å². The summed E-state index contributed by atoms with van der Waals surface area (Å²) in [6.45, 7) is 27.8. The molecule has 0 aliphatic carbocycles. The van der Waals surface area contributed by atoms with Crippen LogP contribution in [-0.4, -0.2) is 187 Å². The van der Waals surface area contributed by atoms with E-state index in [1.807, 2.05) is 92.7 Å². The highest BCUT2D eigenvalue weighted by Crippen LogP contribution is 2.43. The maximum atomic E-state index is 9.33. The Labute approximate surface area is 488 Å². The maximum absolute atomic E-state index is 9.33. The summed E-state index contributed by atoms with van der Waals surface area (Å²) in [7, 11) is 2.77. The van der Waals surface area contributed by atoms with E-state index >= 15 is 0 Å². The Morgan fingerprint density at radius 3 is 1.37 bits per heavy atom. The molecule has 6 aliphatic rings. The van der Waals surface area contributed by atoms with Crippen molar-refractivity contribution in [3.8, 4) is 0 Å². The Hall–Kier alpha value is -2.28. The van der Waals surface area contributed by atoms with E-state index < -0.39 is 47.7 Å². The van der Waals surface area contributed by atoms with Crippen LogP contribution in [0.25, 0.3) is 0 Å². The Kier molecular flexibility index (Phi) is 24.4. The lowest BCUT2D eigenvalue weighted by Crippen LogP contribution is -2.63. The summed E-state index contributed by atoms with van der Waals surface area (Å²) in [5.74, 6) is 0. The molecule has 18 atom stereocenters. The van der Waals surface area contributed by atoms with Gasteiger partial charge in [-0.3, -0.25) is 0 Å². The van der Waals surface area contributed by atoms with Crippen LogP contribution in [0.3, 0.4) is 0 Å². The van der Waals surface area contributed by atoms with Crippen molar-refractivity contribution in [1.82, 2.24) is 0 Å². The predicted molar refractivity (Wildman–Crippen MR) is 311 cm³/mol. The summed E-state index contributed by atoms with van der Waals surface area (Å²) in [4.78, 5) is 1.12. The molecule has 0 radical (unpaired) electrons. The van der Waals surface area contributed by atoms with E-state index in [4.69, 9.17) is 79.9 Å². The van der Waals surface area contributed by atoms with Crippen molar-refractivity contribution in [3.05, 3.63) is 102 Å². The SMILES string of the molecule is COC1[C@@H](Sc2ccccc2)OC2COC(c3ccccc3)O[C@H]2[C@@H]1OC.COC1[C@H](OC[C@@H]2OC(C)OC[C@H]2O[Si](C)(C)C(C)(C)C)OC2COC(c3ccccc3)O[C@H]2[C@@H]1OC.C[C@@H]1OC[C@@H](O[Si](C)(C)C(C)(C)C)C(CO)O1. The van der Waals surface area contributed by atoms with Crippen LogP contribution in [0, 0.1) is 0 Å². The fraction of sp³-hybridized carbons (Fsp3) is 0.700. The molecule has 18 nitrogen and oxygen atoms in total. The van der Waals surface area contributed by atoms with Gasteiger partial charge in [0.2, 0.25) is 0 Å². The largest absolute Gasteiger partial charge is 0.409 e. The van der Waals surface area contributed by atoms with Gasteiger partial charge in [0.25, 0.3) is 0 Å². The van der Waals surface area contributed by atoms with Gasteiger partial charge in [-0.2, -0.15) is 0 Å². The van der Waals surface area contributed by atoms with Crippen molar-refractivity contribution in [2.45, 2.75) is 207 Å². The summed E-state index contributed by atoms with van der Waals surface area (Å²) in [6, 6.07) is 29.9. The lowest BCUT2D eigenvalue weighted by atomic mass is 9.97. The number of hydrogen-bond acceptors (Lipinski definition) is 19. The van der Waals surface area contributed by atoms with Crippen LogP contribution in [0.1, 0.15) is 79.1 Å². The van der Waals surface area contributed by atoms with Gasteiger partial charge in [0.15, 0.2) is 48.1 Å². The van der Waals surface area contributed by atoms with Crippen LogP contribution >= 0.6 is 11.8 Å². The van der Waals surface area contributed by atoms with Gasteiger partial charge >= 0.3 is 0 Å². The van der Waals surface area contributed by atoms with Crippen LogP contribution in [0.15, 0.2) is 95.9 Å². The molecule has 6 aliphatic heterocycles. The fourth-order valence-electron chi connectivity index (χ4n) is 9.80. The van der Waals surface area contributed by atoms with E-state index in [0.29, 0.717) is 26.4 Å². The molecule has 3 aromatic carbocycles. The second-order valence-electron chi connectivity index (χ2n) is 24.2. The molecule has 0 saturated carbocycles. The highest BCUT2D eigenvalue weighted by Gasteiger charge is 2.53. The van der Waals surface area contributed by atoms with Gasteiger partial charge in [-0.05, 0) is 62.2 Å². The highest BCUT2D eigenvalue weighted by molar-refractivity contribution is 7.99. The van der Waals surface area contributed by atoms with Gasteiger partial charge in [-0.15, -0.1) is 0 Å². The molecule has 0 aromatic heterocycles. The minimum atomic E-state index is -2.04. The Bertz CT molecular complexity index is 2280. The van der Waals surface area contributed by atoms with Crippen LogP contribution in [0.5, 0.6) is 0 Å². The van der Waals surface area contributed by atoms with Crippen LogP contribution < -0.4 is 0 Å². The minimum Gasteiger partial charge on any atom is -0.409 e. The normalized spacial score (nSPS) is 34.8. The van der Waals surface area contributed by atoms with Crippen LogP contribution in [-0.2, 0) is 79.9 Å². The minimum absolute atomic E-state index is 0.0208. The molecule has 6 saturated heterocycles. The van der Waals surface area contributed by atoms with Gasteiger partial charge in [0.05, 0.1) is 51.8 Å². The number of thioether (sulfide) groups is 1. The molecule has 0 bridgehead atoms. The van der Waals surface area contributed by atoms with Crippen molar-refractivity contribution >= 4 is 28.4 Å². The number of benzene rings is 3. The first-order valence-electron chi connectivity index (χ1n) is 28.4. The highest BCUT2D eigenvalue weighted by atomic mass is 32.2. The zero-order valence-electron chi connectivity index (χ0n) is 50.6. The molecule has 9 rings (SSSR count). The maximum Gasteiger partial charge on any atom is 0.192 e. The van der Waals surface area contributed by atoms with Gasteiger partial charge in [-0.1, -0.05) is 132 Å². The van der Waals surface area contributed by atoms with Crippen LogP contribution in [0.4, 0.5) is 0 Å². The van der Waals surface area contributed by atoms with Gasteiger partial charge in [-0.25, -0.2) is 0 Å². The summed E-state index contributed by atoms with van der Waals surface area (Å²) >= 11 is 1.63. The Morgan fingerprint density at radius 1 is 0.506 bits per heavy atom. The number of hydrogen-bond donors (Lipinski definition) is 1. The molecular weight excluding hydrogens is 1100 g/mol. The van der Waals surface area contributed by atoms with Crippen molar-refractivity contribution in [3.63, 3.8) is 0 Å². The van der Waals surface area contributed by atoms with Crippen molar-refractivity contribution in [2.75, 3.05) is 68.1 Å². The first-order chi connectivity index (χ1) is 38.5. The molecule has 8 unspecified atom stereocenters. The standard InChI is InChI=1S/C27H44O9Si.C21H24O5S.C12H26O4Si/c1-17-30-15-20(36-37(7,8)27(2,3)4)19(33-17)14-32-26-24(29-6)23(28-5)22-21(34-26)16-31-25(35-22)18-12-10-9-11-13-18;1-22-18-17-16(13-24-20(26-17)14-9-5-3-6-10-14)25-21(19(18)23-2)27-15-11-7-4-8-12-15;1-9-14-8-11(10(7-13)15-9)16-17(5,6)12(2,3)4/h9-13,17,19-26H,14-16H2,1-8H3;3-12,16-21H,13H2,1-2H3;9-11,13H,7-8H2,1-6H3/t17?,19-,20+,21?,22+,23-,24?,25?,26+;16?,17-,18+,19?,20?,21-;9-,10?,11-/m011/s1. The average Bonchev–Trinajstić information content (AvgIpc) is 3.65. The van der Waals surface area contributed by atoms with E-state index in [1.165, 1.54) is 0 Å². The Morgan fingerprint density at radius 2 is 0.926 bits per heavy atom. The molecule has 0 spiro atoms. The smallest absolute Gasteiger partial charge is 0.192 e. The fourth-order valence-corrected chi connectivity index (χ4v) is 13.6. The van der Waals surface area contributed by atoms with E-state index in [1.54, 1.807) is 40.2 Å². The lowest BCUT2D eigenvalue weighted by molar-refractivity contribution is -0.370. The van der Waals surface area contributed by atoms with E-state index in [9.17, 15) is 5.11 Å². The number of fused-ring (bicyclic) bond motifs is 2. The zero-order chi connectivity index (χ0) is 58.7. The van der Waals surface area contributed by atoms with Crippen molar-refractivity contribution in [2.24, 2.45) is 0 Å². The molecule has 3 aromatic rings. The predicted octanol–water partition coefficient (Wildman–Crippen LogP) is 9.80. The summed E-state index contributed by atoms with van der Waals surface area (Å²) in [6.07, 6.45) is -5.79. The monoisotopic (exact) mass is 1190 g/mol. The second kappa shape index (κ2) is 29.9.